The molecule has 1 aromatic carbocycles. The summed E-state index contributed by atoms with van der Waals surface area (Å²) < 4.78 is 16.0. The van der Waals surface area contributed by atoms with E-state index in [-0.39, 0.29) is 23.4 Å². The van der Waals surface area contributed by atoms with Crippen molar-refractivity contribution >= 4 is 34.9 Å². The Morgan fingerprint density at radius 1 is 1.10 bits per heavy atom. The van der Waals surface area contributed by atoms with Gasteiger partial charge in [0.05, 0.1) is 26.2 Å². The molecule has 0 radical (unpaired) electrons. The summed E-state index contributed by atoms with van der Waals surface area (Å²) in [6, 6.07) is 3.44. The number of carbonyl (C=O) groups is 3. The molecule has 9 heteroatoms. The quantitative estimate of drug-likeness (QED) is 0.636. The van der Waals surface area contributed by atoms with Crippen LogP contribution in [0.5, 0.6) is 17.2 Å². The number of thioether (sulfide) groups is 1. The van der Waals surface area contributed by atoms with E-state index in [1.54, 1.807) is 23.1 Å². The number of hydrogen-bond acceptors (Lipinski definition) is 7. The highest BCUT2D eigenvalue weighted by Gasteiger charge is 2.38. The van der Waals surface area contributed by atoms with E-state index in [1.807, 2.05) is 6.92 Å². The van der Waals surface area contributed by atoms with Crippen molar-refractivity contribution in [3.05, 3.63) is 22.6 Å². The van der Waals surface area contributed by atoms with E-state index in [1.165, 1.54) is 21.3 Å². The van der Waals surface area contributed by atoms with Crippen LogP contribution in [0.2, 0.25) is 0 Å². The molecule has 2 aliphatic heterocycles. The molecule has 0 N–H and O–H groups in total. The molecule has 1 atom stereocenters. The van der Waals surface area contributed by atoms with E-state index in [0.717, 1.165) is 35.9 Å². The lowest BCUT2D eigenvalue weighted by molar-refractivity contribution is -0.138. The third kappa shape index (κ3) is 4.40. The smallest absolute Gasteiger partial charge is 0.294 e. The Morgan fingerprint density at radius 2 is 1.77 bits per heavy atom. The van der Waals surface area contributed by atoms with Crippen molar-refractivity contribution in [1.82, 2.24) is 9.80 Å². The molecule has 3 amide bonds. The highest BCUT2D eigenvalue weighted by molar-refractivity contribution is 8.18. The summed E-state index contributed by atoms with van der Waals surface area (Å²) in [5.74, 6) is 0.742. The number of amides is 3. The van der Waals surface area contributed by atoms with E-state index in [4.69, 9.17) is 14.2 Å². The number of rotatable bonds is 6. The third-order valence-corrected chi connectivity index (χ3v) is 6.22. The Kier molecular flexibility index (Phi) is 6.91. The minimum atomic E-state index is -0.486. The average Bonchev–Trinajstić information content (AvgIpc) is 3.00. The maximum Gasteiger partial charge on any atom is 0.294 e. The average molecular weight is 435 g/mol. The topological polar surface area (TPSA) is 85.4 Å². The Hall–Kier alpha value is -2.68. The molecule has 0 aliphatic carbocycles. The Balaban J connectivity index is 1.82. The van der Waals surface area contributed by atoms with Crippen LogP contribution in [0.1, 0.15) is 31.7 Å². The van der Waals surface area contributed by atoms with Gasteiger partial charge >= 0.3 is 0 Å². The van der Waals surface area contributed by atoms with Crippen molar-refractivity contribution in [3.8, 4) is 17.2 Å². The molecule has 2 saturated heterocycles. The van der Waals surface area contributed by atoms with Gasteiger partial charge in [0.1, 0.15) is 12.3 Å². The molecule has 0 spiro atoms. The first-order valence-corrected chi connectivity index (χ1v) is 10.6. The molecule has 2 aliphatic rings. The number of likely N-dealkylation sites (tertiary alicyclic amines) is 1. The predicted molar refractivity (Wildman–Crippen MR) is 114 cm³/mol. The first-order valence-electron chi connectivity index (χ1n) is 9.74. The van der Waals surface area contributed by atoms with Gasteiger partial charge in [-0.05, 0) is 50.1 Å². The van der Waals surface area contributed by atoms with Crippen molar-refractivity contribution in [2.45, 2.75) is 32.2 Å². The largest absolute Gasteiger partial charge is 0.496 e. The monoisotopic (exact) mass is 434 g/mol. The van der Waals surface area contributed by atoms with Gasteiger partial charge in [-0.25, -0.2) is 0 Å². The van der Waals surface area contributed by atoms with E-state index in [2.05, 4.69) is 0 Å². The van der Waals surface area contributed by atoms with Crippen LogP contribution in [0.15, 0.2) is 17.0 Å². The zero-order valence-electron chi connectivity index (χ0n) is 17.6. The molecule has 2 heterocycles. The lowest BCUT2D eigenvalue weighted by Gasteiger charge is -2.34. The molecule has 0 unspecified atom stereocenters. The standard InChI is InChI=1S/C21H26N2O6S/c1-13-7-5-6-8-22(13)19(24)12-23-20(25)18(30-21(23)26)10-14-9-16(28-3)17(29-4)11-15(14)27-2/h9-11,13H,5-8,12H2,1-4H3/b18-10-/t13-/m0/s1. The molecule has 1 aromatic rings. The summed E-state index contributed by atoms with van der Waals surface area (Å²) >= 11 is 0.809. The molecule has 3 rings (SSSR count). The van der Waals surface area contributed by atoms with Crippen LogP contribution in [-0.4, -0.2) is 67.3 Å². The Bertz CT molecular complexity index is 884. The number of nitrogens with zero attached hydrogens (tertiary/aromatic N) is 2. The minimum Gasteiger partial charge on any atom is -0.496 e. The van der Waals surface area contributed by atoms with Gasteiger partial charge in [-0.2, -0.15) is 0 Å². The van der Waals surface area contributed by atoms with E-state index < -0.39 is 11.1 Å². The second-order valence-corrected chi connectivity index (χ2v) is 8.14. The SMILES string of the molecule is COc1cc(OC)c(OC)cc1/C=C1\SC(=O)N(CC(=O)N2CCCC[C@@H]2C)C1=O. The predicted octanol–water partition coefficient (Wildman–Crippen LogP) is 3.15. The van der Waals surface area contributed by atoms with Crippen molar-refractivity contribution in [1.29, 1.82) is 0 Å². The number of carbonyl (C=O) groups excluding carboxylic acids is 3. The van der Waals surface area contributed by atoms with E-state index in [9.17, 15) is 14.4 Å². The van der Waals surface area contributed by atoms with Gasteiger partial charge in [0.25, 0.3) is 11.1 Å². The first-order chi connectivity index (χ1) is 14.4. The highest BCUT2D eigenvalue weighted by Crippen LogP contribution is 2.38. The summed E-state index contributed by atoms with van der Waals surface area (Å²) in [6.45, 7) is 2.42. The van der Waals surface area contributed by atoms with Gasteiger partial charge in [-0.15, -0.1) is 0 Å². The summed E-state index contributed by atoms with van der Waals surface area (Å²) in [7, 11) is 4.53. The maximum atomic E-state index is 12.8. The van der Waals surface area contributed by atoms with Crippen LogP contribution in [0.25, 0.3) is 6.08 Å². The third-order valence-electron chi connectivity index (χ3n) is 5.31. The minimum absolute atomic E-state index is 0.123. The van der Waals surface area contributed by atoms with Crippen molar-refractivity contribution in [2.75, 3.05) is 34.4 Å². The second kappa shape index (κ2) is 9.42. The number of piperidine rings is 1. The summed E-state index contributed by atoms with van der Waals surface area (Å²) in [6.07, 6.45) is 4.53. The molecule has 2 fully saturated rings. The molecule has 8 nitrogen and oxygen atoms in total. The zero-order chi connectivity index (χ0) is 21.8. The van der Waals surface area contributed by atoms with Crippen molar-refractivity contribution in [2.24, 2.45) is 0 Å². The highest BCUT2D eigenvalue weighted by atomic mass is 32.2. The molecule has 0 saturated carbocycles. The molecule has 0 aromatic heterocycles. The van der Waals surface area contributed by atoms with Gasteiger partial charge in [-0.3, -0.25) is 19.3 Å². The second-order valence-electron chi connectivity index (χ2n) is 7.15. The first kappa shape index (κ1) is 22.0. The van der Waals surface area contributed by atoms with Gasteiger partial charge in [-0.1, -0.05) is 0 Å². The van der Waals surface area contributed by atoms with E-state index in [0.29, 0.717) is 29.4 Å². The van der Waals surface area contributed by atoms with Crippen LogP contribution >= 0.6 is 11.8 Å². The van der Waals surface area contributed by atoms with Gasteiger partial charge < -0.3 is 19.1 Å². The fourth-order valence-corrected chi connectivity index (χ4v) is 4.47. The fourth-order valence-electron chi connectivity index (χ4n) is 3.64. The molecular formula is C21H26N2O6S. The van der Waals surface area contributed by atoms with Crippen LogP contribution < -0.4 is 14.2 Å². The molecule has 0 bridgehead atoms. The van der Waals surface area contributed by atoms with Gasteiger partial charge in [0, 0.05) is 24.2 Å². The van der Waals surface area contributed by atoms with E-state index >= 15 is 0 Å². The van der Waals surface area contributed by atoms with Crippen molar-refractivity contribution < 1.29 is 28.6 Å². The number of hydrogen-bond donors (Lipinski definition) is 0. The van der Waals surface area contributed by atoms with Crippen LogP contribution in [-0.2, 0) is 9.59 Å². The van der Waals surface area contributed by atoms with Crippen LogP contribution in [0, 0.1) is 0 Å². The number of benzene rings is 1. The van der Waals surface area contributed by atoms with Crippen LogP contribution in [0.3, 0.4) is 0 Å². The van der Waals surface area contributed by atoms with Crippen LogP contribution in [0.4, 0.5) is 4.79 Å². The van der Waals surface area contributed by atoms with Gasteiger partial charge in [0.2, 0.25) is 5.91 Å². The summed E-state index contributed by atoms with van der Waals surface area (Å²) in [4.78, 5) is 41.0. The van der Waals surface area contributed by atoms with Gasteiger partial charge in [0.15, 0.2) is 11.5 Å². The Labute approximate surface area is 180 Å². The molecular weight excluding hydrogens is 408 g/mol. The summed E-state index contributed by atoms with van der Waals surface area (Å²) in [5.41, 5.74) is 0.566. The molecule has 162 valence electrons. The maximum absolute atomic E-state index is 12.8. The number of ether oxygens (including phenoxy) is 3. The lowest BCUT2D eigenvalue weighted by Crippen LogP contribution is -2.47. The number of methoxy groups -OCH3 is 3. The molecule has 30 heavy (non-hydrogen) atoms. The Morgan fingerprint density at radius 3 is 2.40 bits per heavy atom. The van der Waals surface area contributed by atoms with Crippen molar-refractivity contribution in [3.63, 3.8) is 0 Å². The summed E-state index contributed by atoms with van der Waals surface area (Å²) in [5, 5.41) is -0.455. The fraction of sp³-hybridized carbons (Fsp3) is 0.476. The lowest BCUT2D eigenvalue weighted by atomic mass is 10.0. The normalized spacial score (nSPS) is 20.7. The zero-order valence-corrected chi connectivity index (χ0v) is 18.4. The number of imide groups is 1.